The smallest absolute Gasteiger partial charge is 0.151 e. The molecule has 0 saturated carbocycles. The molecule has 1 aliphatic heterocycles. The lowest BCUT2D eigenvalue weighted by Crippen LogP contribution is -2.41. The minimum Gasteiger partial charge on any atom is -0.298 e. The molecular weight excluding hydrogens is 296 g/mol. The minimum atomic E-state index is -2.94. The van der Waals surface area contributed by atoms with Crippen LogP contribution < -0.4 is 0 Å². The highest BCUT2D eigenvalue weighted by atomic mass is 32.2. The molecule has 2 heterocycles. The van der Waals surface area contributed by atoms with Crippen molar-refractivity contribution >= 4 is 20.7 Å². The van der Waals surface area contributed by atoms with Crippen molar-refractivity contribution in [2.75, 3.05) is 19.3 Å². The van der Waals surface area contributed by atoms with Crippen LogP contribution in [0.5, 0.6) is 0 Å². The molecule has 1 aromatic carbocycles. The number of hydrogen-bond acceptors (Lipinski definition) is 4. The quantitative estimate of drug-likeness (QED) is 0.873. The normalized spacial score (nSPS) is 20.4. The van der Waals surface area contributed by atoms with Crippen molar-refractivity contribution in [2.45, 2.75) is 31.6 Å². The zero-order valence-corrected chi connectivity index (χ0v) is 13.9. The number of sulfone groups is 1. The number of fused-ring (bicyclic) bond motifs is 1. The predicted octanol–water partition coefficient (Wildman–Crippen LogP) is 2.55. The Kier molecular flexibility index (Phi) is 4.19. The van der Waals surface area contributed by atoms with Crippen LogP contribution in [0.1, 0.15) is 24.1 Å². The van der Waals surface area contributed by atoms with Gasteiger partial charge >= 0.3 is 0 Å². The summed E-state index contributed by atoms with van der Waals surface area (Å²) >= 11 is 0. The van der Waals surface area contributed by atoms with E-state index in [0.717, 1.165) is 42.5 Å². The van der Waals surface area contributed by atoms with Crippen molar-refractivity contribution < 1.29 is 8.42 Å². The van der Waals surface area contributed by atoms with E-state index in [-0.39, 0.29) is 5.25 Å². The van der Waals surface area contributed by atoms with Crippen molar-refractivity contribution in [3.63, 3.8) is 0 Å². The van der Waals surface area contributed by atoms with E-state index in [2.05, 4.69) is 34.1 Å². The van der Waals surface area contributed by atoms with E-state index < -0.39 is 9.84 Å². The maximum absolute atomic E-state index is 11.8. The van der Waals surface area contributed by atoms with Crippen LogP contribution in [0.15, 0.2) is 30.3 Å². The van der Waals surface area contributed by atoms with E-state index in [1.165, 1.54) is 11.8 Å². The summed E-state index contributed by atoms with van der Waals surface area (Å²) < 4.78 is 23.5. The van der Waals surface area contributed by atoms with E-state index in [0.29, 0.717) is 6.54 Å². The van der Waals surface area contributed by atoms with Crippen molar-refractivity contribution in [1.29, 1.82) is 0 Å². The van der Waals surface area contributed by atoms with E-state index in [1.54, 1.807) is 0 Å². The number of pyridine rings is 1. The number of likely N-dealkylation sites (tertiary alicyclic amines) is 1. The van der Waals surface area contributed by atoms with Gasteiger partial charge in [-0.15, -0.1) is 0 Å². The van der Waals surface area contributed by atoms with Gasteiger partial charge in [-0.3, -0.25) is 9.88 Å². The van der Waals surface area contributed by atoms with Crippen LogP contribution in [0.25, 0.3) is 10.9 Å². The SMILES string of the molecule is Cc1ccc2cc(CN3CCC[C@H](S(C)(=O)=O)C3)ccc2n1. The lowest BCUT2D eigenvalue weighted by molar-refractivity contribution is 0.222. The molecule has 0 bridgehead atoms. The van der Waals surface area contributed by atoms with Gasteiger partial charge in [0.05, 0.1) is 10.8 Å². The van der Waals surface area contributed by atoms with Crippen LogP contribution in [-0.4, -0.2) is 42.9 Å². The topological polar surface area (TPSA) is 50.3 Å². The third-order valence-corrected chi connectivity index (χ3v) is 5.96. The molecule has 0 aliphatic carbocycles. The Hall–Kier alpha value is -1.46. The van der Waals surface area contributed by atoms with Crippen molar-refractivity contribution in [2.24, 2.45) is 0 Å². The van der Waals surface area contributed by atoms with Crippen LogP contribution in [0.2, 0.25) is 0 Å². The van der Waals surface area contributed by atoms with Gasteiger partial charge in [0.25, 0.3) is 0 Å². The molecule has 1 fully saturated rings. The van der Waals surface area contributed by atoms with Gasteiger partial charge in [-0.1, -0.05) is 12.1 Å². The Morgan fingerprint density at radius 1 is 1.27 bits per heavy atom. The molecule has 0 spiro atoms. The second-order valence-electron chi connectivity index (χ2n) is 6.31. The highest BCUT2D eigenvalue weighted by molar-refractivity contribution is 7.91. The molecule has 0 amide bonds. The summed E-state index contributed by atoms with van der Waals surface area (Å²) in [4.78, 5) is 6.76. The molecule has 5 heteroatoms. The summed E-state index contributed by atoms with van der Waals surface area (Å²) in [6, 6.07) is 10.4. The molecule has 0 radical (unpaired) electrons. The minimum absolute atomic E-state index is 0.217. The summed E-state index contributed by atoms with van der Waals surface area (Å²) in [6.45, 7) is 4.40. The molecule has 0 unspecified atom stereocenters. The van der Waals surface area contributed by atoms with Crippen LogP contribution in [0, 0.1) is 6.92 Å². The maximum atomic E-state index is 11.8. The first-order chi connectivity index (χ1) is 10.4. The molecule has 3 rings (SSSR count). The monoisotopic (exact) mass is 318 g/mol. The zero-order chi connectivity index (χ0) is 15.7. The molecule has 118 valence electrons. The van der Waals surface area contributed by atoms with Gasteiger partial charge in [-0.05, 0) is 50.1 Å². The second kappa shape index (κ2) is 5.97. The molecule has 1 aromatic heterocycles. The Morgan fingerprint density at radius 3 is 2.86 bits per heavy atom. The number of aromatic nitrogens is 1. The summed E-state index contributed by atoms with van der Waals surface area (Å²) in [5, 5.41) is 0.922. The summed E-state index contributed by atoms with van der Waals surface area (Å²) in [7, 11) is -2.94. The molecule has 2 aromatic rings. The zero-order valence-electron chi connectivity index (χ0n) is 13.1. The Morgan fingerprint density at radius 2 is 2.09 bits per heavy atom. The Bertz CT molecular complexity index is 786. The van der Waals surface area contributed by atoms with Crippen LogP contribution in [0.3, 0.4) is 0 Å². The maximum Gasteiger partial charge on any atom is 0.151 e. The van der Waals surface area contributed by atoms with E-state index >= 15 is 0 Å². The second-order valence-corrected chi connectivity index (χ2v) is 8.63. The third-order valence-electron chi connectivity index (χ3n) is 4.37. The third kappa shape index (κ3) is 3.47. The first kappa shape index (κ1) is 15.4. The summed E-state index contributed by atoms with van der Waals surface area (Å²) in [6.07, 6.45) is 3.09. The first-order valence-corrected chi connectivity index (χ1v) is 9.65. The predicted molar refractivity (Wildman–Crippen MR) is 89.6 cm³/mol. The van der Waals surface area contributed by atoms with Crippen molar-refractivity contribution in [1.82, 2.24) is 9.88 Å². The van der Waals surface area contributed by atoms with Crippen molar-refractivity contribution in [3.05, 3.63) is 41.6 Å². The first-order valence-electron chi connectivity index (χ1n) is 7.69. The number of benzene rings is 1. The molecule has 1 aliphatic rings. The number of nitrogens with zero attached hydrogens (tertiary/aromatic N) is 2. The molecule has 22 heavy (non-hydrogen) atoms. The highest BCUT2D eigenvalue weighted by Gasteiger charge is 2.27. The lowest BCUT2D eigenvalue weighted by atomic mass is 10.1. The highest BCUT2D eigenvalue weighted by Crippen LogP contribution is 2.20. The van der Waals surface area contributed by atoms with E-state index in [1.807, 2.05) is 13.0 Å². The lowest BCUT2D eigenvalue weighted by Gasteiger charge is -2.31. The van der Waals surface area contributed by atoms with Crippen molar-refractivity contribution in [3.8, 4) is 0 Å². The van der Waals surface area contributed by atoms with Crippen LogP contribution in [-0.2, 0) is 16.4 Å². The number of piperidine rings is 1. The van der Waals surface area contributed by atoms with Crippen LogP contribution in [0.4, 0.5) is 0 Å². The Balaban J connectivity index is 1.76. The van der Waals surface area contributed by atoms with Gasteiger partial charge in [0.15, 0.2) is 9.84 Å². The summed E-state index contributed by atoms with van der Waals surface area (Å²) in [5.74, 6) is 0. The average Bonchev–Trinajstić information content (AvgIpc) is 2.47. The van der Waals surface area contributed by atoms with Gasteiger partial charge in [-0.2, -0.15) is 0 Å². The van der Waals surface area contributed by atoms with E-state index in [4.69, 9.17) is 0 Å². The fourth-order valence-corrected chi connectivity index (χ4v) is 4.22. The number of rotatable bonds is 3. The molecule has 0 N–H and O–H groups in total. The van der Waals surface area contributed by atoms with Crippen LogP contribution >= 0.6 is 0 Å². The van der Waals surface area contributed by atoms with Gasteiger partial charge < -0.3 is 0 Å². The average molecular weight is 318 g/mol. The standard InChI is InChI=1S/C17H22N2O2S/c1-13-5-7-15-10-14(6-8-17(15)18-13)11-19-9-3-4-16(12-19)22(2,20)21/h5-8,10,16H,3-4,9,11-12H2,1-2H3/t16-/m0/s1. The van der Waals surface area contributed by atoms with E-state index in [9.17, 15) is 8.42 Å². The fraction of sp³-hybridized carbons (Fsp3) is 0.471. The Labute approximate surface area is 132 Å². The van der Waals surface area contributed by atoms with Gasteiger partial charge in [0.1, 0.15) is 0 Å². The molecule has 1 atom stereocenters. The molecule has 4 nitrogen and oxygen atoms in total. The molecule has 1 saturated heterocycles. The van der Waals surface area contributed by atoms with Gasteiger partial charge in [0, 0.05) is 30.4 Å². The summed E-state index contributed by atoms with van der Waals surface area (Å²) in [5.41, 5.74) is 3.25. The van der Waals surface area contributed by atoms with Gasteiger partial charge in [-0.25, -0.2) is 8.42 Å². The number of hydrogen-bond donors (Lipinski definition) is 0. The van der Waals surface area contributed by atoms with Gasteiger partial charge in [0.2, 0.25) is 0 Å². The number of aryl methyl sites for hydroxylation is 1. The largest absolute Gasteiger partial charge is 0.298 e. The molecular formula is C17H22N2O2S. The fourth-order valence-electron chi connectivity index (χ4n) is 3.14.